The van der Waals surface area contributed by atoms with Crippen LogP contribution in [0.15, 0.2) is 42.5 Å². The maximum absolute atomic E-state index is 12.5. The first-order valence-electron chi connectivity index (χ1n) is 7.50. The first kappa shape index (κ1) is 18.5. The maximum atomic E-state index is 12.5. The molecule has 0 aliphatic carbocycles. The van der Waals surface area contributed by atoms with Gasteiger partial charge in [0.05, 0.1) is 22.7 Å². The molecule has 0 aromatic heterocycles. The number of hydrogen-bond donors (Lipinski definition) is 1. The SMILES string of the molecule is CC[C@H](Oc1ccccc1OC)C(=O)Nc1cc([N+](=O)[O-])ccc1Cl. The highest BCUT2D eigenvalue weighted by molar-refractivity contribution is 6.33. The molecule has 0 unspecified atom stereocenters. The van der Waals surface area contributed by atoms with E-state index in [9.17, 15) is 14.9 Å². The van der Waals surface area contributed by atoms with Gasteiger partial charge in [-0.05, 0) is 24.6 Å². The number of anilines is 1. The van der Waals surface area contributed by atoms with Gasteiger partial charge in [0, 0.05) is 12.1 Å². The number of carbonyl (C=O) groups excluding carboxylic acids is 1. The molecule has 0 spiro atoms. The fourth-order valence-corrected chi connectivity index (χ4v) is 2.29. The Balaban J connectivity index is 2.18. The molecule has 2 aromatic carbocycles. The molecule has 0 aliphatic heterocycles. The number of amides is 1. The summed E-state index contributed by atoms with van der Waals surface area (Å²) in [4.78, 5) is 22.8. The van der Waals surface area contributed by atoms with E-state index in [1.165, 1.54) is 25.3 Å². The van der Waals surface area contributed by atoms with Crippen LogP contribution in [0.5, 0.6) is 11.5 Å². The number of para-hydroxylation sites is 2. The van der Waals surface area contributed by atoms with E-state index in [4.69, 9.17) is 21.1 Å². The number of non-ortho nitro benzene ring substituents is 1. The fraction of sp³-hybridized carbons (Fsp3) is 0.235. The summed E-state index contributed by atoms with van der Waals surface area (Å²) >= 11 is 6.00. The molecular formula is C17H17ClN2O5. The van der Waals surface area contributed by atoms with E-state index in [0.29, 0.717) is 17.9 Å². The van der Waals surface area contributed by atoms with Crippen LogP contribution in [0.2, 0.25) is 5.02 Å². The number of nitro groups is 1. The Labute approximate surface area is 149 Å². The Morgan fingerprint density at radius 3 is 2.56 bits per heavy atom. The predicted octanol–water partition coefficient (Wildman–Crippen LogP) is 4.05. The second kappa shape index (κ2) is 8.34. The summed E-state index contributed by atoms with van der Waals surface area (Å²) in [5, 5.41) is 13.6. The largest absolute Gasteiger partial charge is 0.493 e. The van der Waals surface area contributed by atoms with E-state index >= 15 is 0 Å². The van der Waals surface area contributed by atoms with Crippen molar-refractivity contribution in [2.75, 3.05) is 12.4 Å². The highest BCUT2D eigenvalue weighted by atomic mass is 35.5. The first-order valence-corrected chi connectivity index (χ1v) is 7.88. The van der Waals surface area contributed by atoms with Gasteiger partial charge < -0.3 is 14.8 Å². The number of nitro benzene ring substituents is 1. The molecule has 25 heavy (non-hydrogen) atoms. The normalized spacial score (nSPS) is 11.5. The number of hydrogen-bond acceptors (Lipinski definition) is 5. The van der Waals surface area contributed by atoms with Gasteiger partial charge in [0.2, 0.25) is 0 Å². The number of carbonyl (C=O) groups is 1. The number of nitrogens with one attached hydrogen (secondary N) is 1. The predicted molar refractivity (Wildman–Crippen MR) is 94.4 cm³/mol. The summed E-state index contributed by atoms with van der Waals surface area (Å²) < 4.78 is 10.9. The lowest BCUT2D eigenvalue weighted by molar-refractivity contribution is -0.384. The van der Waals surface area contributed by atoms with Crippen molar-refractivity contribution in [3.63, 3.8) is 0 Å². The Bertz CT molecular complexity index is 781. The van der Waals surface area contributed by atoms with Crippen molar-refractivity contribution >= 4 is 28.9 Å². The Hall–Kier alpha value is -2.80. The van der Waals surface area contributed by atoms with Crippen LogP contribution in [-0.2, 0) is 4.79 Å². The summed E-state index contributed by atoms with van der Waals surface area (Å²) in [6.45, 7) is 1.79. The van der Waals surface area contributed by atoms with Crippen molar-refractivity contribution in [3.05, 3.63) is 57.6 Å². The third-order valence-electron chi connectivity index (χ3n) is 3.42. The van der Waals surface area contributed by atoms with Gasteiger partial charge in [-0.3, -0.25) is 14.9 Å². The molecule has 0 aliphatic rings. The number of nitrogens with zero attached hydrogens (tertiary/aromatic N) is 1. The van der Waals surface area contributed by atoms with Gasteiger partial charge in [0.25, 0.3) is 11.6 Å². The molecule has 0 bridgehead atoms. The zero-order valence-corrected chi connectivity index (χ0v) is 14.4. The molecule has 2 rings (SSSR count). The van der Waals surface area contributed by atoms with Crippen LogP contribution in [0.3, 0.4) is 0 Å². The second-order valence-electron chi connectivity index (χ2n) is 5.08. The molecule has 1 atom stereocenters. The lowest BCUT2D eigenvalue weighted by Crippen LogP contribution is -2.32. The van der Waals surface area contributed by atoms with Gasteiger partial charge >= 0.3 is 0 Å². The molecule has 0 radical (unpaired) electrons. The van der Waals surface area contributed by atoms with E-state index in [0.717, 1.165) is 0 Å². The maximum Gasteiger partial charge on any atom is 0.271 e. The molecule has 2 aromatic rings. The van der Waals surface area contributed by atoms with E-state index in [-0.39, 0.29) is 16.4 Å². The number of methoxy groups -OCH3 is 1. The lowest BCUT2D eigenvalue weighted by Gasteiger charge is -2.19. The minimum absolute atomic E-state index is 0.156. The first-order chi connectivity index (χ1) is 12.0. The standard InChI is InChI=1S/C17H17ClN2O5/c1-3-14(25-16-7-5-4-6-15(16)24-2)17(21)19-13-10-11(20(22)23)8-9-12(13)18/h4-10,14H,3H2,1-2H3,(H,19,21)/t14-/m0/s1. The van der Waals surface area contributed by atoms with Gasteiger partial charge in [-0.2, -0.15) is 0 Å². The third kappa shape index (κ3) is 4.60. The van der Waals surface area contributed by atoms with Crippen molar-refractivity contribution in [2.45, 2.75) is 19.4 Å². The zero-order chi connectivity index (χ0) is 18.4. The Morgan fingerprint density at radius 1 is 1.28 bits per heavy atom. The van der Waals surface area contributed by atoms with Crippen molar-refractivity contribution in [3.8, 4) is 11.5 Å². The van der Waals surface area contributed by atoms with Crippen LogP contribution in [0.25, 0.3) is 0 Å². The smallest absolute Gasteiger partial charge is 0.271 e. The fourth-order valence-electron chi connectivity index (χ4n) is 2.13. The third-order valence-corrected chi connectivity index (χ3v) is 3.75. The van der Waals surface area contributed by atoms with Crippen molar-refractivity contribution in [2.24, 2.45) is 0 Å². The molecule has 8 heteroatoms. The topological polar surface area (TPSA) is 90.7 Å². The van der Waals surface area contributed by atoms with E-state index in [1.807, 2.05) is 0 Å². The summed E-state index contributed by atoms with van der Waals surface area (Å²) in [5.41, 5.74) is -0.0126. The van der Waals surface area contributed by atoms with Gasteiger partial charge in [0.15, 0.2) is 17.6 Å². The van der Waals surface area contributed by atoms with Crippen molar-refractivity contribution in [1.29, 1.82) is 0 Å². The van der Waals surface area contributed by atoms with Crippen LogP contribution >= 0.6 is 11.6 Å². The van der Waals surface area contributed by atoms with Crippen molar-refractivity contribution in [1.82, 2.24) is 0 Å². The number of halogens is 1. The van der Waals surface area contributed by atoms with Gasteiger partial charge in [0.1, 0.15) is 0 Å². The molecule has 1 amide bonds. The summed E-state index contributed by atoms with van der Waals surface area (Å²) in [5.74, 6) is 0.468. The van der Waals surface area contributed by atoms with E-state index in [2.05, 4.69) is 5.32 Å². The molecule has 7 nitrogen and oxygen atoms in total. The lowest BCUT2D eigenvalue weighted by atomic mass is 10.2. The second-order valence-corrected chi connectivity index (χ2v) is 5.48. The van der Waals surface area contributed by atoms with Crippen LogP contribution in [-0.4, -0.2) is 24.0 Å². The average Bonchev–Trinajstić information content (AvgIpc) is 2.61. The molecule has 1 N–H and O–H groups in total. The van der Waals surface area contributed by atoms with E-state index in [1.54, 1.807) is 31.2 Å². The molecule has 132 valence electrons. The minimum atomic E-state index is -0.813. The van der Waals surface area contributed by atoms with Crippen LogP contribution < -0.4 is 14.8 Å². The Morgan fingerprint density at radius 2 is 1.96 bits per heavy atom. The monoisotopic (exact) mass is 364 g/mol. The van der Waals surface area contributed by atoms with E-state index < -0.39 is 16.9 Å². The van der Waals surface area contributed by atoms with Gasteiger partial charge in [-0.15, -0.1) is 0 Å². The Kier molecular flexibility index (Phi) is 6.19. The van der Waals surface area contributed by atoms with Crippen LogP contribution in [0, 0.1) is 10.1 Å². The van der Waals surface area contributed by atoms with Crippen LogP contribution in [0.1, 0.15) is 13.3 Å². The quantitative estimate of drug-likeness (QED) is 0.591. The van der Waals surface area contributed by atoms with Crippen molar-refractivity contribution < 1.29 is 19.2 Å². The highest BCUT2D eigenvalue weighted by Gasteiger charge is 2.22. The number of ether oxygens (including phenoxy) is 2. The van der Waals surface area contributed by atoms with Gasteiger partial charge in [-0.1, -0.05) is 30.7 Å². The molecule has 0 heterocycles. The molecular weight excluding hydrogens is 348 g/mol. The minimum Gasteiger partial charge on any atom is -0.493 e. The average molecular weight is 365 g/mol. The van der Waals surface area contributed by atoms with Gasteiger partial charge in [-0.25, -0.2) is 0 Å². The summed E-state index contributed by atoms with van der Waals surface area (Å²) in [6, 6.07) is 10.8. The highest BCUT2D eigenvalue weighted by Crippen LogP contribution is 2.29. The number of benzene rings is 2. The van der Waals surface area contributed by atoms with Crippen LogP contribution in [0.4, 0.5) is 11.4 Å². The summed E-state index contributed by atoms with van der Waals surface area (Å²) in [6.07, 6.45) is -0.428. The zero-order valence-electron chi connectivity index (χ0n) is 13.7. The molecule has 0 saturated carbocycles. The summed E-state index contributed by atoms with van der Waals surface area (Å²) in [7, 11) is 1.51. The number of rotatable bonds is 7. The molecule has 0 saturated heterocycles. The molecule has 0 fully saturated rings.